The van der Waals surface area contributed by atoms with Crippen LogP contribution in [0.3, 0.4) is 0 Å². The van der Waals surface area contributed by atoms with Gasteiger partial charge in [0.05, 0.1) is 13.1 Å². The van der Waals surface area contributed by atoms with Crippen molar-refractivity contribution < 1.29 is 28.6 Å². The molecule has 0 bridgehead atoms. The van der Waals surface area contributed by atoms with Gasteiger partial charge in [0.2, 0.25) is 18.6 Å². The van der Waals surface area contributed by atoms with Crippen molar-refractivity contribution >= 4 is 23.5 Å². The molecule has 11 heteroatoms. The smallest absolute Gasteiger partial charge is 0.325 e. The van der Waals surface area contributed by atoms with Crippen LogP contribution >= 0.6 is 0 Å². The summed E-state index contributed by atoms with van der Waals surface area (Å²) < 4.78 is 15.4. The van der Waals surface area contributed by atoms with Gasteiger partial charge in [-0.25, -0.2) is 4.79 Å². The van der Waals surface area contributed by atoms with Crippen molar-refractivity contribution in [2.75, 3.05) is 71.6 Å². The normalized spacial score (nSPS) is 16.0. The largest absolute Gasteiger partial charge is 0.454 e. The molecule has 0 radical (unpaired) electrons. The van der Waals surface area contributed by atoms with Crippen LogP contribution in [-0.4, -0.2) is 94.0 Å². The molecule has 1 aromatic carbocycles. The van der Waals surface area contributed by atoms with E-state index in [1.165, 1.54) is 0 Å². The zero-order valence-corrected chi connectivity index (χ0v) is 17.6. The Labute approximate surface area is 181 Å². The first kappa shape index (κ1) is 22.8. The molecule has 1 aromatic rings. The molecule has 4 amide bonds. The first-order valence-electron chi connectivity index (χ1n) is 10.2. The molecule has 3 N–H and O–H groups in total. The van der Waals surface area contributed by atoms with Gasteiger partial charge in [-0.05, 0) is 18.6 Å². The molecule has 0 spiro atoms. The van der Waals surface area contributed by atoms with Crippen molar-refractivity contribution in [1.29, 1.82) is 0 Å². The molecule has 2 aliphatic rings. The fraction of sp³-hybridized carbons (Fsp3) is 0.550. The second-order valence-corrected chi connectivity index (χ2v) is 7.32. The minimum absolute atomic E-state index is 0.0116. The number of piperazine rings is 1. The summed E-state index contributed by atoms with van der Waals surface area (Å²) in [5, 5.41) is 7.80. The van der Waals surface area contributed by atoms with Crippen LogP contribution < -0.4 is 25.4 Å². The number of benzene rings is 1. The van der Waals surface area contributed by atoms with E-state index in [4.69, 9.17) is 14.2 Å². The number of nitrogens with zero attached hydrogens (tertiary/aromatic N) is 2. The van der Waals surface area contributed by atoms with E-state index < -0.39 is 6.03 Å². The summed E-state index contributed by atoms with van der Waals surface area (Å²) in [6, 6.07) is 4.40. The quantitative estimate of drug-likeness (QED) is 0.458. The summed E-state index contributed by atoms with van der Waals surface area (Å²) in [5.41, 5.74) is 0.503. The summed E-state index contributed by atoms with van der Waals surface area (Å²) in [6.45, 7) is 4.48. The Morgan fingerprint density at radius 1 is 1.00 bits per heavy atom. The molecule has 3 rings (SSSR count). The summed E-state index contributed by atoms with van der Waals surface area (Å²) >= 11 is 0. The van der Waals surface area contributed by atoms with E-state index in [2.05, 4.69) is 16.0 Å². The van der Waals surface area contributed by atoms with Crippen LogP contribution in [0.4, 0.5) is 10.5 Å². The number of carbonyl (C=O) groups is 3. The number of fused-ring (bicyclic) bond motifs is 1. The molecule has 1 fully saturated rings. The van der Waals surface area contributed by atoms with Crippen molar-refractivity contribution in [3.05, 3.63) is 18.2 Å². The van der Waals surface area contributed by atoms with Gasteiger partial charge in [0.25, 0.3) is 0 Å². The van der Waals surface area contributed by atoms with E-state index in [0.717, 1.165) is 6.42 Å². The first-order chi connectivity index (χ1) is 15.0. The van der Waals surface area contributed by atoms with Crippen molar-refractivity contribution in [1.82, 2.24) is 20.4 Å². The number of ether oxygens (including phenoxy) is 3. The van der Waals surface area contributed by atoms with Gasteiger partial charge in [-0.2, -0.15) is 0 Å². The van der Waals surface area contributed by atoms with E-state index in [0.29, 0.717) is 63.1 Å². The van der Waals surface area contributed by atoms with Crippen molar-refractivity contribution in [3.63, 3.8) is 0 Å². The molecule has 0 aromatic heterocycles. The minimum Gasteiger partial charge on any atom is -0.454 e. The third kappa shape index (κ3) is 7.39. The highest BCUT2D eigenvalue weighted by Gasteiger charge is 2.21. The fourth-order valence-electron chi connectivity index (χ4n) is 3.31. The molecule has 0 unspecified atom stereocenters. The molecular weight excluding hydrogens is 406 g/mol. The zero-order chi connectivity index (χ0) is 22.1. The number of methoxy groups -OCH3 is 1. The number of hydrogen-bond acceptors (Lipinski definition) is 8. The minimum atomic E-state index is -0.604. The fourth-order valence-corrected chi connectivity index (χ4v) is 3.31. The average molecular weight is 435 g/mol. The monoisotopic (exact) mass is 435 g/mol. The molecule has 2 aliphatic heterocycles. The summed E-state index contributed by atoms with van der Waals surface area (Å²) in [5.74, 6) is 0.764. The van der Waals surface area contributed by atoms with E-state index in [-0.39, 0.29) is 25.2 Å². The number of imide groups is 1. The molecule has 1 saturated heterocycles. The Kier molecular flexibility index (Phi) is 8.44. The van der Waals surface area contributed by atoms with Gasteiger partial charge in [0.1, 0.15) is 0 Å². The maximum atomic E-state index is 12.2. The summed E-state index contributed by atoms with van der Waals surface area (Å²) in [7, 11) is 1.63. The zero-order valence-electron chi connectivity index (χ0n) is 17.6. The topological polar surface area (TPSA) is 121 Å². The lowest BCUT2D eigenvalue weighted by Gasteiger charge is -2.33. The number of carbonyl (C=O) groups excluding carboxylic acids is 3. The number of amides is 4. The number of rotatable bonds is 9. The summed E-state index contributed by atoms with van der Waals surface area (Å²) in [4.78, 5) is 40.2. The molecule has 0 aliphatic carbocycles. The SMILES string of the molecule is COCCCNC(=O)CN1CCN(CC(=O)NC(=O)Nc2ccc3c(c2)OCO3)CC1. The van der Waals surface area contributed by atoms with E-state index in [1.807, 2.05) is 9.80 Å². The summed E-state index contributed by atoms with van der Waals surface area (Å²) in [6.07, 6.45) is 0.785. The van der Waals surface area contributed by atoms with Crippen LogP contribution in [-0.2, 0) is 14.3 Å². The van der Waals surface area contributed by atoms with Crippen molar-refractivity contribution in [3.8, 4) is 11.5 Å². The Hall–Kier alpha value is -2.89. The van der Waals surface area contributed by atoms with Gasteiger partial charge >= 0.3 is 6.03 Å². The second-order valence-electron chi connectivity index (χ2n) is 7.32. The van der Waals surface area contributed by atoms with Gasteiger partial charge in [-0.15, -0.1) is 0 Å². The molecular formula is C20H29N5O6. The lowest BCUT2D eigenvalue weighted by molar-refractivity contribution is -0.124. The predicted octanol–water partition coefficient (Wildman–Crippen LogP) is -0.166. The highest BCUT2D eigenvalue weighted by atomic mass is 16.7. The van der Waals surface area contributed by atoms with E-state index in [9.17, 15) is 14.4 Å². The highest BCUT2D eigenvalue weighted by Crippen LogP contribution is 2.34. The Morgan fingerprint density at radius 2 is 1.68 bits per heavy atom. The molecule has 170 valence electrons. The first-order valence-corrected chi connectivity index (χ1v) is 10.2. The standard InChI is InChI=1S/C20H29N5O6/c1-29-10-2-5-21-18(26)12-24-6-8-25(9-7-24)13-19(27)23-20(28)22-15-3-4-16-17(11-15)31-14-30-16/h3-4,11H,2,5-10,12-14H2,1H3,(H,21,26)(H2,22,23,27,28). The van der Waals surface area contributed by atoms with Crippen LogP contribution in [0.1, 0.15) is 6.42 Å². The van der Waals surface area contributed by atoms with Gasteiger partial charge in [0, 0.05) is 58.2 Å². The Bertz CT molecular complexity index is 781. The molecule has 31 heavy (non-hydrogen) atoms. The highest BCUT2D eigenvalue weighted by molar-refractivity contribution is 6.01. The van der Waals surface area contributed by atoms with Crippen LogP contribution in [0, 0.1) is 0 Å². The van der Waals surface area contributed by atoms with Gasteiger partial charge in [0.15, 0.2) is 11.5 Å². The number of nitrogens with one attached hydrogen (secondary N) is 3. The van der Waals surface area contributed by atoms with E-state index >= 15 is 0 Å². The predicted molar refractivity (Wildman–Crippen MR) is 112 cm³/mol. The van der Waals surface area contributed by atoms with Gasteiger partial charge in [-0.3, -0.25) is 24.7 Å². The lowest BCUT2D eigenvalue weighted by atomic mass is 10.3. The number of anilines is 1. The van der Waals surface area contributed by atoms with Crippen LogP contribution in [0.15, 0.2) is 18.2 Å². The van der Waals surface area contributed by atoms with Crippen molar-refractivity contribution in [2.45, 2.75) is 6.42 Å². The number of hydrogen-bond donors (Lipinski definition) is 3. The molecule has 0 saturated carbocycles. The second kappa shape index (κ2) is 11.5. The number of urea groups is 1. The Balaban J connectivity index is 1.31. The van der Waals surface area contributed by atoms with Gasteiger partial charge < -0.3 is 24.8 Å². The van der Waals surface area contributed by atoms with Gasteiger partial charge in [-0.1, -0.05) is 0 Å². The maximum Gasteiger partial charge on any atom is 0.325 e. The molecule has 11 nitrogen and oxygen atoms in total. The average Bonchev–Trinajstić information content (AvgIpc) is 3.20. The van der Waals surface area contributed by atoms with Crippen LogP contribution in [0.2, 0.25) is 0 Å². The van der Waals surface area contributed by atoms with Crippen molar-refractivity contribution in [2.24, 2.45) is 0 Å². The maximum absolute atomic E-state index is 12.2. The van der Waals surface area contributed by atoms with Crippen LogP contribution in [0.25, 0.3) is 0 Å². The molecule has 2 heterocycles. The third-order valence-electron chi connectivity index (χ3n) is 4.93. The lowest BCUT2D eigenvalue weighted by Crippen LogP contribution is -2.52. The third-order valence-corrected chi connectivity index (χ3v) is 4.93. The molecule has 0 atom stereocenters. The van der Waals surface area contributed by atoms with Crippen LogP contribution in [0.5, 0.6) is 11.5 Å². The van der Waals surface area contributed by atoms with E-state index in [1.54, 1.807) is 25.3 Å². The Morgan fingerprint density at radius 3 is 2.39 bits per heavy atom.